The number of ketones is 1. The van der Waals surface area contributed by atoms with E-state index in [0.717, 1.165) is 13.1 Å². The number of rotatable bonds is 1. The van der Waals surface area contributed by atoms with Crippen molar-refractivity contribution in [2.75, 3.05) is 26.7 Å². The minimum absolute atomic E-state index is 0.117. The van der Waals surface area contributed by atoms with Gasteiger partial charge in [-0.25, -0.2) is 0 Å². The first-order chi connectivity index (χ1) is 5.25. The van der Waals surface area contributed by atoms with Gasteiger partial charge >= 0.3 is 0 Å². The number of carbonyl (C=O) groups excluding carboxylic acids is 1. The van der Waals surface area contributed by atoms with Gasteiger partial charge in [-0.05, 0) is 13.0 Å². The van der Waals surface area contributed by atoms with Crippen LogP contribution in [0.2, 0.25) is 0 Å². The van der Waals surface area contributed by atoms with Crippen molar-refractivity contribution in [2.24, 2.45) is 0 Å². The van der Waals surface area contributed by atoms with Gasteiger partial charge in [0.05, 0.1) is 6.04 Å². The molecule has 0 amide bonds. The molecular weight excluding hydrogens is 140 g/mol. The van der Waals surface area contributed by atoms with Gasteiger partial charge in [0, 0.05) is 19.6 Å². The summed E-state index contributed by atoms with van der Waals surface area (Å²) < 4.78 is 0. The van der Waals surface area contributed by atoms with Gasteiger partial charge in [0.25, 0.3) is 0 Å². The Morgan fingerprint density at radius 2 is 2.55 bits per heavy atom. The number of Topliss-reactive ketones (excluding diaryl/α,β-unsaturated/α-hetero) is 1. The van der Waals surface area contributed by atoms with Gasteiger partial charge in [0.1, 0.15) is 0 Å². The predicted molar refractivity (Wildman–Crippen MR) is 43.1 cm³/mol. The minimum Gasteiger partial charge on any atom is -0.313 e. The summed E-state index contributed by atoms with van der Waals surface area (Å²) in [4.78, 5) is 13.0. The molecule has 1 unspecified atom stereocenters. The molecule has 0 aliphatic carbocycles. The third-order valence-corrected chi connectivity index (χ3v) is 1.96. The van der Waals surface area contributed by atoms with E-state index in [2.05, 4.69) is 11.2 Å². The summed E-state index contributed by atoms with van der Waals surface area (Å²) in [7, 11) is 1.92. The third kappa shape index (κ3) is 1.79. The second-order valence-electron chi connectivity index (χ2n) is 2.71. The highest BCUT2D eigenvalue weighted by molar-refractivity contribution is 5.99. The summed E-state index contributed by atoms with van der Waals surface area (Å²) in [6.07, 6.45) is 5.01. The lowest BCUT2D eigenvalue weighted by molar-refractivity contribution is -0.118. The van der Waals surface area contributed by atoms with Crippen molar-refractivity contribution in [1.29, 1.82) is 0 Å². The number of piperazine rings is 1. The van der Waals surface area contributed by atoms with E-state index in [9.17, 15) is 4.79 Å². The summed E-state index contributed by atoms with van der Waals surface area (Å²) in [5.74, 6) is 2.02. The van der Waals surface area contributed by atoms with Crippen LogP contribution >= 0.6 is 0 Å². The number of terminal acetylenes is 1. The fraction of sp³-hybridized carbons (Fsp3) is 0.625. The minimum atomic E-state index is -0.125. The van der Waals surface area contributed by atoms with Crippen molar-refractivity contribution in [2.45, 2.75) is 6.04 Å². The SMILES string of the molecule is C#CC(=O)C1CNCCN1C. The van der Waals surface area contributed by atoms with E-state index in [1.54, 1.807) is 0 Å². The fourth-order valence-corrected chi connectivity index (χ4v) is 1.19. The molecule has 1 aliphatic rings. The van der Waals surface area contributed by atoms with E-state index < -0.39 is 0 Å². The highest BCUT2D eigenvalue weighted by Gasteiger charge is 2.23. The van der Waals surface area contributed by atoms with Crippen molar-refractivity contribution in [3.05, 3.63) is 0 Å². The molecule has 1 heterocycles. The Balaban J connectivity index is 2.56. The first kappa shape index (κ1) is 8.25. The zero-order chi connectivity index (χ0) is 8.27. The zero-order valence-corrected chi connectivity index (χ0v) is 6.63. The number of carbonyl (C=O) groups is 1. The zero-order valence-electron chi connectivity index (χ0n) is 6.63. The van der Waals surface area contributed by atoms with Crippen molar-refractivity contribution < 1.29 is 4.79 Å². The maximum Gasteiger partial charge on any atom is 0.223 e. The van der Waals surface area contributed by atoms with Crippen LogP contribution in [0.4, 0.5) is 0 Å². The molecule has 1 fully saturated rings. The maximum absolute atomic E-state index is 11.1. The number of nitrogens with zero attached hydrogens (tertiary/aromatic N) is 1. The fourth-order valence-electron chi connectivity index (χ4n) is 1.19. The Kier molecular flexibility index (Phi) is 2.64. The molecule has 1 aliphatic heterocycles. The van der Waals surface area contributed by atoms with Crippen LogP contribution in [0.15, 0.2) is 0 Å². The summed E-state index contributed by atoms with van der Waals surface area (Å²) in [5, 5.41) is 3.12. The summed E-state index contributed by atoms with van der Waals surface area (Å²) in [6.45, 7) is 2.50. The molecule has 0 aromatic rings. The molecule has 0 bridgehead atoms. The van der Waals surface area contributed by atoms with E-state index >= 15 is 0 Å². The Labute approximate surface area is 66.8 Å². The Morgan fingerprint density at radius 3 is 3.09 bits per heavy atom. The Bertz CT molecular complexity index is 195. The first-order valence-corrected chi connectivity index (χ1v) is 3.67. The van der Waals surface area contributed by atoms with Crippen LogP contribution in [-0.2, 0) is 4.79 Å². The van der Waals surface area contributed by atoms with Gasteiger partial charge in [-0.2, -0.15) is 0 Å². The van der Waals surface area contributed by atoms with Gasteiger partial charge in [-0.15, -0.1) is 6.42 Å². The molecule has 1 atom stereocenters. The molecule has 3 heteroatoms. The van der Waals surface area contributed by atoms with E-state index in [-0.39, 0.29) is 11.8 Å². The van der Waals surface area contributed by atoms with Gasteiger partial charge < -0.3 is 5.32 Å². The van der Waals surface area contributed by atoms with Crippen LogP contribution in [-0.4, -0.2) is 43.4 Å². The predicted octanol–water partition coefficient (Wildman–Crippen LogP) is -0.908. The Hall–Kier alpha value is -0.850. The van der Waals surface area contributed by atoms with Crippen LogP contribution in [0, 0.1) is 12.3 Å². The van der Waals surface area contributed by atoms with Crippen molar-refractivity contribution >= 4 is 5.78 Å². The van der Waals surface area contributed by atoms with Crippen molar-refractivity contribution in [1.82, 2.24) is 10.2 Å². The van der Waals surface area contributed by atoms with Crippen LogP contribution in [0.1, 0.15) is 0 Å². The topological polar surface area (TPSA) is 32.3 Å². The highest BCUT2D eigenvalue weighted by atomic mass is 16.1. The maximum atomic E-state index is 11.1. The van der Waals surface area contributed by atoms with E-state index in [1.807, 2.05) is 11.9 Å². The van der Waals surface area contributed by atoms with E-state index in [0.29, 0.717) is 6.54 Å². The lowest BCUT2D eigenvalue weighted by atomic mass is 10.1. The third-order valence-electron chi connectivity index (χ3n) is 1.96. The van der Waals surface area contributed by atoms with Crippen molar-refractivity contribution in [3.8, 4) is 12.3 Å². The standard InChI is InChI=1S/C8H12N2O/c1-3-8(11)7-6-9-4-5-10(7)2/h1,7,9H,4-6H2,2H3. The summed E-state index contributed by atoms with van der Waals surface area (Å²) >= 11 is 0. The quantitative estimate of drug-likeness (QED) is 0.390. The molecule has 1 N–H and O–H groups in total. The van der Waals surface area contributed by atoms with E-state index in [4.69, 9.17) is 6.42 Å². The normalized spacial score (nSPS) is 26.0. The van der Waals surface area contributed by atoms with Gasteiger partial charge in [-0.1, -0.05) is 0 Å². The molecule has 0 spiro atoms. The smallest absolute Gasteiger partial charge is 0.223 e. The van der Waals surface area contributed by atoms with E-state index in [1.165, 1.54) is 0 Å². The highest BCUT2D eigenvalue weighted by Crippen LogP contribution is 1.99. The molecule has 1 rings (SSSR count). The molecule has 3 nitrogen and oxygen atoms in total. The van der Waals surface area contributed by atoms with Crippen LogP contribution < -0.4 is 5.32 Å². The molecule has 11 heavy (non-hydrogen) atoms. The number of hydrogen-bond acceptors (Lipinski definition) is 3. The summed E-state index contributed by atoms with van der Waals surface area (Å²) in [6, 6.07) is -0.117. The molecule has 0 aromatic heterocycles. The van der Waals surface area contributed by atoms with Crippen LogP contribution in [0.5, 0.6) is 0 Å². The lowest BCUT2D eigenvalue weighted by Crippen LogP contribution is -2.52. The van der Waals surface area contributed by atoms with Gasteiger partial charge in [-0.3, -0.25) is 9.69 Å². The lowest BCUT2D eigenvalue weighted by Gasteiger charge is -2.30. The van der Waals surface area contributed by atoms with Crippen LogP contribution in [0.25, 0.3) is 0 Å². The first-order valence-electron chi connectivity index (χ1n) is 3.67. The average Bonchev–Trinajstić information content (AvgIpc) is 2.04. The molecular formula is C8H12N2O. The second kappa shape index (κ2) is 3.51. The summed E-state index contributed by atoms with van der Waals surface area (Å²) in [5.41, 5.74) is 0. The Morgan fingerprint density at radius 1 is 1.82 bits per heavy atom. The molecule has 1 saturated heterocycles. The number of hydrogen-bond donors (Lipinski definition) is 1. The largest absolute Gasteiger partial charge is 0.313 e. The average molecular weight is 152 g/mol. The molecule has 60 valence electrons. The number of nitrogens with one attached hydrogen (secondary N) is 1. The second-order valence-corrected chi connectivity index (χ2v) is 2.71. The number of likely N-dealkylation sites (N-methyl/N-ethyl adjacent to an activating group) is 1. The van der Waals surface area contributed by atoms with Gasteiger partial charge in [0.15, 0.2) is 0 Å². The molecule has 0 radical (unpaired) electrons. The van der Waals surface area contributed by atoms with Crippen molar-refractivity contribution in [3.63, 3.8) is 0 Å². The monoisotopic (exact) mass is 152 g/mol. The van der Waals surface area contributed by atoms with Gasteiger partial charge in [0.2, 0.25) is 5.78 Å². The molecule has 0 aromatic carbocycles. The van der Waals surface area contributed by atoms with Crippen LogP contribution in [0.3, 0.4) is 0 Å². The molecule has 0 saturated carbocycles.